The number of nitrogens with zero attached hydrogens (tertiary/aromatic N) is 3. The molecule has 17 heavy (non-hydrogen) atoms. The van der Waals surface area contributed by atoms with E-state index < -0.39 is 0 Å². The molecule has 1 unspecified atom stereocenters. The maximum absolute atomic E-state index is 8.97. The first kappa shape index (κ1) is 12.3. The molecule has 2 heterocycles. The zero-order chi connectivity index (χ0) is 12.1. The summed E-state index contributed by atoms with van der Waals surface area (Å²) in [4.78, 5) is 11.0. The second-order valence-electron chi connectivity index (χ2n) is 4.63. The molecule has 0 spiro atoms. The summed E-state index contributed by atoms with van der Waals surface area (Å²) in [5, 5.41) is 8.97. The Bertz CT molecular complexity index is 339. The van der Waals surface area contributed by atoms with Crippen molar-refractivity contribution < 1.29 is 5.11 Å². The van der Waals surface area contributed by atoms with Crippen LogP contribution < -0.4 is 4.90 Å². The van der Waals surface area contributed by atoms with Crippen LogP contribution in [0.15, 0.2) is 12.4 Å². The Balaban J connectivity index is 2.16. The Morgan fingerprint density at radius 2 is 2.18 bits per heavy atom. The highest BCUT2D eigenvalue weighted by atomic mass is 16.3. The summed E-state index contributed by atoms with van der Waals surface area (Å²) < 4.78 is 0. The van der Waals surface area contributed by atoms with E-state index in [1.165, 1.54) is 25.7 Å². The SMILES string of the molecule is CCC1CCCCCN1c1cnc(CO)cn1. The summed E-state index contributed by atoms with van der Waals surface area (Å²) >= 11 is 0. The minimum atomic E-state index is -0.0372. The van der Waals surface area contributed by atoms with Crippen LogP contribution in [0.4, 0.5) is 5.82 Å². The number of aliphatic hydroxyl groups excluding tert-OH is 1. The molecule has 1 aliphatic rings. The lowest BCUT2D eigenvalue weighted by molar-refractivity contribution is 0.276. The summed E-state index contributed by atoms with van der Waals surface area (Å²) in [6.45, 7) is 3.27. The van der Waals surface area contributed by atoms with Crippen molar-refractivity contribution in [3.05, 3.63) is 18.1 Å². The molecule has 94 valence electrons. The Labute approximate surface area is 103 Å². The van der Waals surface area contributed by atoms with Gasteiger partial charge in [0.05, 0.1) is 24.7 Å². The zero-order valence-corrected chi connectivity index (χ0v) is 10.5. The maximum Gasteiger partial charge on any atom is 0.147 e. The zero-order valence-electron chi connectivity index (χ0n) is 10.5. The summed E-state index contributed by atoms with van der Waals surface area (Å²) in [6, 6.07) is 0.590. The normalized spacial score (nSPS) is 21.3. The average molecular weight is 235 g/mol. The van der Waals surface area contributed by atoms with E-state index in [4.69, 9.17) is 5.11 Å². The first-order chi connectivity index (χ1) is 8.35. The largest absolute Gasteiger partial charge is 0.390 e. The highest BCUT2D eigenvalue weighted by molar-refractivity contribution is 5.37. The van der Waals surface area contributed by atoms with Gasteiger partial charge in [0, 0.05) is 12.6 Å². The quantitative estimate of drug-likeness (QED) is 0.872. The van der Waals surface area contributed by atoms with Gasteiger partial charge < -0.3 is 10.0 Å². The van der Waals surface area contributed by atoms with Gasteiger partial charge >= 0.3 is 0 Å². The van der Waals surface area contributed by atoms with Crippen molar-refractivity contribution in [3.8, 4) is 0 Å². The lowest BCUT2D eigenvalue weighted by atomic mass is 10.1. The van der Waals surface area contributed by atoms with Crippen LogP contribution in [0.25, 0.3) is 0 Å². The number of hydrogen-bond acceptors (Lipinski definition) is 4. The van der Waals surface area contributed by atoms with Gasteiger partial charge in [-0.1, -0.05) is 19.8 Å². The van der Waals surface area contributed by atoms with Crippen LogP contribution >= 0.6 is 0 Å². The highest BCUT2D eigenvalue weighted by Gasteiger charge is 2.20. The van der Waals surface area contributed by atoms with Crippen LogP contribution in [-0.2, 0) is 6.61 Å². The molecular weight excluding hydrogens is 214 g/mol. The van der Waals surface area contributed by atoms with E-state index in [1.54, 1.807) is 12.4 Å². The van der Waals surface area contributed by atoms with Crippen LogP contribution in [0.3, 0.4) is 0 Å². The first-order valence-electron chi connectivity index (χ1n) is 6.53. The molecule has 1 aliphatic heterocycles. The lowest BCUT2D eigenvalue weighted by Crippen LogP contribution is -2.35. The predicted octanol–water partition coefficient (Wildman–Crippen LogP) is 2.13. The molecule has 1 N–H and O–H groups in total. The van der Waals surface area contributed by atoms with Gasteiger partial charge in [-0.25, -0.2) is 4.98 Å². The van der Waals surface area contributed by atoms with E-state index >= 15 is 0 Å². The minimum Gasteiger partial charge on any atom is -0.390 e. The van der Waals surface area contributed by atoms with Crippen LogP contribution in [0.5, 0.6) is 0 Å². The second-order valence-corrected chi connectivity index (χ2v) is 4.63. The fourth-order valence-corrected chi connectivity index (χ4v) is 2.48. The van der Waals surface area contributed by atoms with Gasteiger partial charge in [0.1, 0.15) is 5.82 Å². The Kier molecular flexibility index (Phi) is 4.31. The maximum atomic E-state index is 8.97. The van der Waals surface area contributed by atoms with Gasteiger partial charge in [0.2, 0.25) is 0 Å². The predicted molar refractivity (Wildman–Crippen MR) is 67.8 cm³/mol. The first-order valence-corrected chi connectivity index (χ1v) is 6.53. The van der Waals surface area contributed by atoms with E-state index in [1.807, 2.05) is 0 Å². The molecular formula is C13H21N3O. The number of hydrogen-bond donors (Lipinski definition) is 1. The van der Waals surface area contributed by atoms with E-state index in [-0.39, 0.29) is 6.61 Å². The molecule has 0 radical (unpaired) electrons. The Morgan fingerprint density at radius 1 is 1.29 bits per heavy atom. The van der Waals surface area contributed by atoms with Crippen molar-refractivity contribution in [2.75, 3.05) is 11.4 Å². The smallest absolute Gasteiger partial charge is 0.147 e. The second kappa shape index (κ2) is 5.96. The van der Waals surface area contributed by atoms with Crippen molar-refractivity contribution in [1.29, 1.82) is 0 Å². The van der Waals surface area contributed by atoms with E-state index in [2.05, 4.69) is 21.8 Å². The van der Waals surface area contributed by atoms with Crippen molar-refractivity contribution in [2.24, 2.45) is 0 Å². The van der Waals surface area contributed by atoms with Crippen LogP contribution in [0.2, 0.25) is 0 Å². The monoisotopic (exact) mass is 235 g/mol. The van der Waals surface area contributed by atoms with E-state index in [0.29, 0.717) is 11.7 Å². The molecule has 0 aliphatic carbocycles. The Morgan fingerprint density at radius 3 is 2.82 bits per heavy atom. The Hall–Kier alpha value is -1.16. The summed E-state index contributed by atoms with van der Waals surface area (Å²) in [7, 11) is 0. The number of aliphatic hydroxyl groups is 1. The van der Waals surface area contributed by atoms with Gasteiger partial charge in [-0.3, -0.25) is 4.98 Å². The van der Waals surface area contributed by atoms with Gasteiger partial charge in [0.15, 0.2) is 0 Å². The molecule has 4 heteroatoms. The van der Waals surface area contributed by atoms with Crippen molar-refractivity contribution in [3.63, 3.8) is 0 Å². The minimum absolute atomic E-state index is 0.0372. The number of aromatic nitrogens is 2. The number of rotatable bonds is 3. The fourth-order valence-electron chi connectivity index (χ4n) is 2.48. The molecule has 0 amide bonds. The number of anilines is 1. The summed E-state index contributed by atoms with van der Waals surface area (Å²) in [6.07, 6.45) is 9.74. The molecule has 1 saturated heterocycles. The molecule has 2 rings (SSSR count). The van der Waals surface area contributed by atoms with Gasteiger partial charge in [-0.05, 0) is 19.3 Å². The lowest BCUT2D eigenvalue weighted by Gasteiger charge is -2.30. The third kappa shape index (κ3) is 2.94. The van der Waals surface area contributed by atoms with Crippen molar-refractivity contribution in [1.82, 2.24) is 9.97 Å². The summed E-state index contributed by atoms with van der Waals surface area (Å²) in [5.41, 5.74) is 0.636. The fraction of sp³-hybridized carbons (Fsp3) is 0.692. The van der Waals surface area contributed by atoms with Gasteiger partial charge in [-0.2, -0.15) is 0 Å². The summed E-state index contributed by atoms with van der Waals surface area (Å²) in [5.74, 6) is 0.955. The third-order valence-corrected chi connectivity index (χ3v) is 3.50. The average Bonchev–Trinajstić information content (AvgIpc) is 2.64. The molecule has 0 aromatic carbocycles. The van der Waals surface area contributed by atoms with Gasteiger partial charge in [-0.15, -0.1) is 0 Å². The van der Waals surface area contributed by atoms with Crippen molar-refractivity contribution >= 4 is 5.82 Å². The molecule has 0 bridgehead atoms. The van der Waals surface area contributed by atoms with Crippen LogP contribution in [-0.4, -0.2) is 27.7 Å². The van der Waals surface area contributed by atoms with Crippen LogP contribution in [0.1, 0.15) is 44.7 Å². The van der Waals surface area contributed by atoms with Crippen molar-refractivity contribution in [2.45, 2.75) is 51.7 Å². The standard InChI is InChI=1S/C13H21N3O/c1-2-12-6-4-3-5-7-16(12)13-9-14-11(10-17)8-15-13/h8-9,12,17H,2-7,10H2,1H3. The van der Waals surface area contributed by atoms with E-state index in [9.17, 15) is 0 Å². The molecule has 0 saturated carbocycles. The van der Waals surface area contributed by atoms with E-state index in [0.717, 1.165) is 18.8 Å². The molecule has 4 nitrogen and oxygen atoms in total. The highest BCUT2D eigenvalue weighted by Crippen LogP contribution is 2.23. The molecule has 1 fully saturated rings. The third-order valence-electron chi connectivity index (χ3n) is 3.50. The van der Waals surface area contributed by atoms with Crippen LogP contribution in [0, 0.1) is 0 Å². The molecule has 1 atom stereocenters. The molecule has 1 aromatic heterocycles. The molecule has 1 aromatic rings. The topological polar surface area (TPSA) is 49.2 Å². The van der Waals surface area contributed by atoms with Gasteiger partial charge in [0.25, 0.3) is 0 Å².